The van der Waals surface area contributed by atoms with Gasteiger partial charge in [0, 0.05) is 6.54 Å². The van der Waals surface area contributed by atoms with Crippen molar-refractivity contribution in [3.8, 4) is 11.6 Å². The predicted molar refractivity (Wildman–Crippen MR) is 75.1 cm³/mol. The van der Waals surface area contributed by atoms with E-state index in [1.165, 1.54) is 0 Å². The lowest BCUT2D eigenvalue weighted by molar-refractivity contribution is 0.191. The van der Waals surface area contributed by atoms with Gasteiger partial charge in [0.15, 0.2) is 5.76 Å². The van der Waals surface area contributed by atoms with Crippen molar-refractivity contribution in [1.29, 1.82) is 0 Å². The number of hydrogen-bond acceptors (Lipinski definition) is 5. The largest absolute Gasteiger partial charge is 0.461 e. The van der Waals surface area contributed by atoms with Crippen LogP contribution in [-0.2, 0) is 5.41 Å². The quantitative estimate of drug-likeness (QED) is 0.931. The van der Waals surface area contributed by atoms with Crippen LogP contribution in [0.3, 0.4) is 0 Å². The molecular weight excluding hydrogens is 254 g/mol. The third kappa shape index (κ3) is 2.16. The van der Waals surface area contributed by atoms with E-state index < -0.39 is 0 Å². The van der Waals surface area contributed by atoms with Gasteiger partial charge in [0.1, 0.15) is 0 Å². The maximum Gasteiger partial charge on any atom is 0.238 e. The highest BCUT2D eigenvalue weighted by molar-refractivity contribution is 5.51. The minimum absolute atomic E-state index is 0.155. The summed E-state index contributed by atoms with van der Waals surface area (Å²) in [5.41, 5.74) is 6.88. The molecule has 2 N–H and O–H groups in total. The fourth-order valence-corrected chi connectivity index (χ4v) is 2.95. The Kier molecular flexibility index (Phi) is 3.38. The summed E-state index contributed by atoms with van der Waals surface area (Å²) in [6.45, 7) is 4.81. The molecule has 3 rings (SSSR count). The lowest BCUT2D eigenvalue weighted by Crippen LogP contribution is -2.39. The van der Waals surface area contributed by atoms with E-state index in [0.29, 0.717) is 24.0 Å². The van der Waals surface area contributed by atoms with Gasteiger partial charge >= 0.3 is 0 Å². The van der Waals surface area contributed by atoms with Gasteiger partial charge in [0.25, 0.3) is 0 Å². The SMILES string of the molecule is Cc1ccoc1-c1noc(C2(CN)CCC(C)CC2)n1. The van der Waals surface area contributed by atoms with E-state index >= 15 is 0 Å². The number of aryl methyl sites for hydroxylation is 1. The monoisotopic (exact) mass is 275 g/mol. The van der Waals surface area contributed by atoms with Gasteiger partial charge in [-0.25, -0.2) is 0 Å². The number of nitrogens with two attached hydrogens (primary N) is 1. The van der Waals surface area contributed by atoms with Crippen LogP contribution in [0.4, 0.5) is 0 Å². The number of nitrogens with zero attached hydrogens (tertiary/aromatic N) is 2. The lowest BCUT2D eigenvalue weighted by Gasteiger charge is -2.35. The zero-order valence-electron chi connectivity index (χ0n) is 12.1. The molecule has 0 atom stereocenters. The van der Waals surface area contributed by atoms with Crippen molar-refractivity contribution in [1.82, 2.24) is 10.1 Å². The number of aromatic nitrogens is 2. The molecule has 0 unspecified atom stereocenters. The number of hydrogen-bond donors (Lipinski definition) is 1. The first-order valence-electron chi connectivity index (χ1n) is 7.23. The minimum Gasteiger partial charge on any atom is -0.461 e. The zero-order valence-corrected chi connectivity index (χ0v) is 12.1. The molecular formula is C15H21N3O2. The molecule has 0 saturated heterocycles. The van der Waals surface area contributed by atoms with Crippen molar-refractivity contribution in [3.05, 3.63) is 23.8 Å². The van der Waals surface area contributed by atoms with Crippen LogP contribution < -0.4 is 5.73 Å². The molecule has 0 bridgehead atoms. The third-order valence-corrected chi connectivity index (χ3v) is 4.57. The molecule has 108 valence electrons. The topological polar surface area (TPSA) is 78.1 Å². The molecule has 1 aliphatic carbocycles. The molecule has 0 aliphatic heterocycles. The van der Waals surface area contributed by atoms with Crippen molar-refractivity contribution >= 4 is 0 Å². The molecule has 5 heteroatoms. The molecule has 2 heterocycles. The minimum atomic E-state index is -0.155. The van der Waals surface area contributed by atoms with Crippen LogP contribution in [0.25, 0.3) is 11.6 Å². The van der Waals surface area contributed by atoms with Gasteiger partial charge in [-0.1, -0.05) is 12.1 Å². The first-order valence-corrected chi connectivity index (χ1v) is 7.23. The molecule has 20 heavy (non-hydrogen) atoms. The third-order valence-electron chi connectivity index (χ3n) is 4.57. The molecule has 0 amide bonds. The van der Waals surface area contributed by atoms with Gasteiger partial charge in [0.2, 0.25) is 11.7 Å². The summed E-state index contributed by atoms with van der Waals surface area (Å²) in [6, 6.07) is 1.90. The Morgan fingerprint density at radius 2 is 2.15 bits per heavy atom. The van der Waals surface area contributed by atoms with Crippen LogP contribution in [0.1, 0.15) is 44.1 Å². The van der Waals surface area contributed by atoms with E-state index in [1.807, 2.05) is 13.0 Å². The average molecular weight is 275 g/mol. The standard InChI is InChI=1S/C15H21N3O2/c1-10-3-6-15(9-16,7-4-10)14-17-13(18-20-14)12-11(2)5-8-19-12/h5,8,10H,3-4,6-7,9,16H2,1-2H3. The van der Waals surface area contributed by atoms with Gasteiger partial charge < -0.3 is 14.7 Å². The molecule has 0 radical (unpaired) electrons. The first kappa shape index (κ1) is 13.4. The van der Waals surface area contributed by atoms with Crippen LogP contribution in [0.15, 0.2) is 21.3 Å². The number of rotatable bonds is 3. The predicted octanol–water partition coefficient (Wildman–Crippen LogP) is 3.04. The molecule has 1 saturated carbocycles. The average Bonchev–Trinajstić information content (AvgIpc) is 3.09. The highest BCUT2D eigenvalue weighted by atomic mass is 16.5. The highest BCUT2D eigenvalue weighted by Gasteiger charge is 2.40. The molecule has 1 fully saturated rings. The van der Waals surface area contributed by atoms with E-state index in [-0.39, 0.29) is 5.41 Å². The maximum atomic E-state index is 6.02. The van der Waals surface area contributed by atoms with E-state index in [2.05, 4.69) is 17.1 Å². The summed E-state index contributed by atoms with van der Waals surface area (Å²) >= 11 is 0. The Balaban J connectivity index is 1.91. The summed E-state index contributed by atoms with van der Waals surface area (Å²) in [5.74, 6) is 2.62. The van der Waals surface area contributed by atoms with Gasteiger partial charge in [-0.3, -0.25) is 0 Å². The zero-order chi connectivity index (χ0) is 14.2. The Morgan fingerprint density at radius 1 is 1.40 bits per heavy atom. The van der Waals surface area contributed by atoms with Crippen LogP contribution in [0, 0.1) is 12.8 Å². The van der Waals surface area contributed by atoms with Crippen LogP contribution in [-0.4, -0.2) is 16.7 Å². The fourth-order valence-electron chi connectivity index (χ4n) is 2.95. The Hall–Kier alpha value is -1.62. The normalized spacial score (nSPS) is 26.9. The van der Waals surface area contributed by atoms with Gasteiger partial charge in [-0.2, -0.15) is 4.98 Å². The maximum absolute atomic E-state index is 6.02. The van der Waals surface area contributed by atoms with Crippen LogP contribution >= 0.6 is 0 Å². The van der Waals surface area contributed by atoms with Gasteiger partial charge in [-0.15, -0.1) is 0 Å². The van der Waals surface area contributed by atoms with Crippen molar-refractivity contribution in [3.63, 3.8) is 0 Å². The Morgan fingerprint density at radius 3 is 2.75 bits per heavy atom. The van der Waals surface area contributed by atoms with E-state index in [9.17, 15) is 0 Å². The summed E-state index contributed by atoms with van der Waals surface area (Å²) in [5, 5.41) is 4.07. The molecule has 2 aromatic heterocycles. The van der Waals surface area contributed by atoms with Crippen molar-refractivity contribution in [2.45, 2.75) is 44.9 Å². The van der Waals surface area contributed by atoms with Crippen LogP contribution in [0.2, 0.25) is 0 Å². The second-order valence-corrected chi connectivity index (χ2v) is 6.02. The Labute approximate surface area is 118 Å². The summed E-state index contributed by atoms with van der Waals surface area (Å²) in [6.07, 6.45) is 6.00. The van der Waals surface area contributed by atoms with E-state index in [1.54, 1.807) is 6.26 Å². The molecule has 0 spiro atoms. The molecule has 0 aromatic carbocycles. The van der Waals surface area contributed by atoms with Gasteiger partial charge in [-0.05, 0) is 50.2 Å². The Bertz CT molecular complexity index is 579. The van der Waals surface area contributed by atoms with Gasteiger partial charge in [0.05, 0.1) is 11.7 Å². The second-order valence-electron chi connectivity index (χ2n) is 6.02. The summed E-state index contributed by atoms with van der Waals surface area (Å²) < 4.78 is 10.9. The molecule has 5 nitrogen and oxygen atoms in total. The fraction of sp³-hybridized carbons (Fsp3) is 0.600. The molecule has 1 aliphatic rings. The smallest absolute Gasteiger partial charge is 0.238 e. The molecule has 2 aromatic rings. The first-order chi connectivity index (χ1) is 9.64. The highest BCUT2D eigenvalue weighted by Crippen LogP contribution is 2.40. The van der Waals surface area contributed by atoms with E-state index in [4.69, 9.17) is 14.7 Å². The summed E-state index contributed by atoms with van der Waals surface area (Å²) in [7, 11) is 0. The van der Waals surface area contributed by atoms with Crippen molar-refractivity contribution in [2.75, 3.05) is 6.54 Å². The van der Waals surface area contributed by atoms with Crippen molar-refractivity contribution in [2.24, 2.45) is 11.7 Å². The summed E-state index contributed by atoms with van der Waals surface area (Å²) in [4.78, 5) is 4.55. The lowest BCUT2D eigenvalue weighted by atomic mass is 9.71. The van der Waals surface area contributed by atoms with Crippen LogP contribution in [0.5, 0.6) is 0 Å². The van der Waals surface area contributed by atoms with Crippen molar-refractivity contribution < 1.29 is 8.94 Å². The number of furan rings is 1. The second kappa shape index (κ2) is 5.05. The van der Waals surface area contributed by atoms with E-state index in [0.717, 1.165) is 37.2 Å².